The number of carbonyl (C=O) groups is 2. The molecule has 1 unspecified atom stereocenters. The lowest BCUT2D eigenvalue weighted by Gasteiger charge is -2.30. The SMILES string of the molecule is Cc1ccccc1C(CC(=O)N(C)CC(C)(C)CN)NC(N)=O.Cl. The van der Waals surface area contributed by atoms with E-state index < -0.39 is 12.1 Å². The van der Waals surface area contributed by atoms with Crippen LogP contribution in [-0.4, -0.2) is 37.0 Å². The average molecular weight is 357 g/mol. The van der Waals surface area contributed by atoms with Crippen molar-refractivity contribution in [3.63, 3.8) is 0 Å². The number of urea groups is 1. The highest BCUT2D eigenvalue weighted by atomic mass is 35.5. The van der Waals surface area contributed by atoms with Gasteiger partial charge in [-0.25, -0.2) is 4.79 Å². The Balaban J connectivity index is 0.00000529. The summed E-state index contributed by atoms with van der Waals surface area (Å²) in [7, 11) is 1.75. The van der Waals surface area contributed by atoms with Crippen molar-refractivity contribution in [1.29, 1.82) is 0 Å². The van der Waals surface area contributed by atoms with Gasteiger partial charge < -0.3 is 21.7 Å². The first-order valence-corrected chi connectivity index (χ1v) is 7.72. The number of amides is 3. The largest absolute Gasteiger partial charge is 0.352 e. The van der Waals surface area contributed by atoms with Crippen molar-refractivity contribution >= 4 is 24.3 Å². The number of rotatable bonds is 7. The number of primary amides is 1. The molecule has 0 bridgehead atoms. The number of hydrogen-bond donors (Lipinski definition) is 3. The number of halogens is 1. The van der Waals surface area contributed by atoms with Crippen LogP contribution in [0.25, 0.3) is 0 Å². The van der Waals surface area contributed by atoms with Crippen LogP contribution in [0, 0.1) is 12.3 Å². The predicted octanol–water partition coefficient (Wildman–Crippen LogP) is 1.96. The van der Waals surface area contributed by atoms with Gasteiger partial charge in [0.15, 0.2) is 0 Å². The highest BCUT2D eigenvalue weighted by Crippen LogP contribution is 2.22. The standard InChI is InChI=1S/C17H28N4O2.ClH/c1-12-7-5-6-8-13(12)14(20-16(19)23)9-15(22)21(4)11-17(2,3)10-18;/h5-8,14H,9-11,18H2,1-4H3,(H3,19,20,23);1H. The van der Waals surface area contributed by atoms with E-state index >= 15 is 0 Å². The fourth-order valence-electron chi connectivity index (χ4n) is 2.51. The van der Waals surface area contributed by atoms with Gasteiger partial charge in [0.1, 0.15) is 0 Å². The molecular weight excluding hydrogens is 328 g/mol. The number of nitrogens with one attached hydrogen (secondary N) is 1. The van der Waals surface area contributed by atoms with Gasteiger partial charge in [0.05, 0.1) is 12.5 Å². The average Bonchev–Trinajstić information content (AvgIpc) is 2.46. The third-order valence-corrected chi connectivity index (χ3v) is 3.90. The molecule has 0 aliphatic heterocycles. The lowest BCUT2D eigenvalue weighted by atomic mass is 9.92. The smallest absolute Gasteiger partial charge is 0.312 e. The maximum atomic E-state index is 12.5. The molecule has 0 saturated carbocycles. The van der Waals surface area contributed by atoms with E-state index in [-0.39, 0.29) is 30.2 Å². The van der Waals surface area contributed by atoms with Crippen molar-refractivity contribution in [1.82, 2.24) is 10.2 Å². The second kappa shape index (κ2) is 9.49. The normalized spacial score (nSPS) is 12.0. The van der Waals surface area contributed by atoms with Crippen LogP contribution in [0.15, 0.2) is 24.3 Å². The summed E-state index contributed by atoms with van der Waals surface area (Å²) in [6.45, 7) is 7.01. The molecule has 0 aliphatic rings. The Morgan fingerprint density at radius 2 is 1.88 bits per heavy atom. The van der Waals surface area contributed by atoms with E-state index in [0.717, 1.165) is 11.1 Å². The molecule has 3 amide bonds. The van der Waals surface area contributed by atoms with E-state index in [9.17, 15) is 9.59 Å². The molecule has 0 fully saturated rings. The van der Waals surface area contributed by atoms with Crippen molar-refractivity contribution in [2.75, 3.05) is 20.1 Å². The van der Waals surface area contributed by atoms with Crippen LogP contribution < -0.4 is 16.8 Å². The predicted molar refractivity (Wildman–Crippen MR) is 99.0 cm³/mol. The Morgan fingerprint density at radius 1 is 1.29 bits per heavy atom. The number of benzene rings is 1. The molecule has 136 valence electrons. The van der Waals surface area contributed by atoms with Crippen molar-refractivity contribution in [2.45, 2.75) is 33.2 Å². The molecule has 5 N–H and O–H groups in total. The molecule has 1 rings (SSSR count). The first-order chi connectivity index (χ1) is 10.7. The van der Waals surface area contributed by atoms with Crippen LogP contribution in [0.2, 0.25) is 0 Å². The minimum absolute atomic E-state index is 0. The van der Waals surface area contributed by atoms with E-state index in [0.29, 0.717) is 13.1 Å². The zero-order chi connectivity index (χ0) is 17.6. The third-order valence-electron chi connectivity index (χ3n) is 3.90. The van der Waals surface area contributed by atoms with Gasteiger partial charge >= 0.3 is 6.03 Å². The molecule has 1 atom stereocenters. The summed E-state index contributed by atoms with van der Waals surface area (Å²) < 4.78 is 0. The topological polar surface area (TPSA) is 101 Å². The van der Waals surface area contributed by atoms with Gasteiger partial charge in [0, 0.05) is 13.6 Å². The number of nitrogens with zero attached hydrogens (tertiary/aromatic N) is 1. The fourth-order valence-corrected chi connectivity index (χ4v) is 2.51. The third kappa shape index (κ3) is 6.76. The number of carbonyl (C=O) groups excluding carboxylic acids is 2. The highest BCUT2D eigenvalue weighted by Gasteiger charge is 2.25. The zero-order valence-corrected chi connectivity index (χ0v) is 15.7. The molecular formula is C17H29ClN4O2. The van der Waals surface area contributed by atoms with Crippen LogP contribution in [0.4, 0.5) is 4.79 Å². The van der Waals surface area contributed by atoms with Gasteiger partial charge in [0.2, 0.25) is 5.91 Å². The molecule has 0 heterocycles. The first-order valence-electron chi connectivity index (χ1n) is 7.72. The first kappa shape index (κ1) is 22.2. The van der Waals surface area contributed by atoms with E-state index in [1.165, 1.54) is 0 Å². The number of aryl methyl sites for hydroxylation is 1. The Kier molecular flexibility index (Phi) is 8.78. The summed E-state index contributed by atoms with van der Waals surface area (Å²) in [6, 6.07) is 6.55. The van der Waals surface area contributed by atoms with Crippen LogP contribution in [0.5, 0.6) is 0 Å². The van der Waals surface area contributed by atoms with E-state index in [1.54, 1.807) is 11.9 Å². The minimum atomic E-state index is -0.643. The Bertz CT molecular complexity index is 563. The quantitative estimate of drug-likeness (QED) is 0.695. The van der Waals surface area contributed by atoms with E-state index in [2.05, 4.69) is 5.32 Å². The number of hydrogen-bond acceptors (Lipinski definition) is 3. The summed E-state index contributed by atoms with van der Waals surface area (Å²) in [5.74, 6) is -0.0615. The van der Waals surface area contributed by atoms with Gasteiger partial charge in [-0.15, -0.1) is 12.4 Å². The highest BCUT2D eigenvalue weighted by molar-refractivity contribution is 5.85. The summed E-state index contributed by atoms with van der Waals surface area (Å²) in [4.78, 5) is 25.5. The zero-order valence-electron chi connectivity index (χ0n) is 14.8. The summed E-state index contributed by atoms with van der Waals surface area (Å²) in [6.07, 6.45) is 0.158. The summed E-state index contributed by atoms with van der Waals surface area (Å²) >= 11 is 0. The minimum Gasteiger partial charge on any atom is -0.352 e. The second-order valence-corrected chi connectivity index (χ2v) is 6.74. The summed E-state index contributed by atoms with van der Waals surface area (Å²) in [5.41, 5.74) is 12.7. The maximum Gasteiger partial charge on any atom is 0.312 e. The monoisotopic (exact) mass is 356 g/mol. The Hall–Kier alpha value is -1.79. The van der Waals surface area contributed by atoms with Crippen LogP contribution in [0.1, 0.15) is 37.4 Å². The van der Waals surface area contributed by atoms with Gasteiger partial charge in [0.25, 0.3) is 0 Å². The molecule has 0 spiro atoms. The molecule has 0 aromatic heterocycles. The maximum absolute atomic E-state index is 12.5. The Morgan fingerprint density at radius 3 is 2.38 bits per heavy atom. The molecule has 1 aromatic rings. The van der Waals surface area contributed by atoms with Crippen LogP contribution >= 0.6 is 12.4 Å². The van der Waals surface area contributed by atoms with Crippen LogP contribution in [0.3, 0.4) is 0 Å². The van der Waals surface area contributed by atoms with Crippen LogP contribution in [-0.2, 0) is 4.79 Å². The molecule has 0 aliphatic carbocycles. The van der Waals surface area contributed by atoms with Gasteiger partial charge in [-0.2, -0.15) is 0 Å². The van der Waals surface area contributed by atoms with Crippen molar-refractivity contribution in [3.05, 3.63) is 35.4 Å². The molecule has 24 heavy (non-hydrogen) atoms. The molecule has 6 nitrogen and oxygen atoms in total. The van der Waals surface area contributed by atoms with Crippen molar-refractivity contribution < 1.29 is 9.59 Å². The molecule has 7 heteroatoms. The van der Waals surface area contributed by atoms with Crippen molar-refractivity contribution in [3.8, 4) is 0 Å². The molecule has 0 radical (unpaired) electrons. The van der Waals surface area contributed by atoms with Gasteiger partial charge in [-0.1, -0.05) is 38.1 Å². The second-order valence-electron chi connectivity index (χ2n) is 6.74. The Labute approximate surface area is 150 Å². The van der Waals surface area contributed by atoms with Crippen molar-refractivity contribution in [2.24, 2.45) is 16.9 Å². The fraction of sp³-hybridized carbons (Fsp3) is 0.529. The molecule has 1 aromatic carbocycles. The number of nitrogens with two attached hydrogens (primary N) is 2. The van der Waals surface area contributed by atoms with Gasteiger partial charge in [-0.05, 0) is 30.0 Å². The van der Waals surface area contributed by atoms with Gasteiger partial charge in [-0.3, -0.25) is 4.79 Å². The van der Waals surface area contributed by atoms with E-state index in [4.69, 9.17) is 11.5 Å². The lowest BCUT2D eigenvalue weighted by Crippen LogP contribution is -2.42. The summed E-state index contributed by atoms with van der Waals surface area (Å²) in [5, 5.41) is 2.67. The van der Waals surface area contributed by atoms with E-state index in [1.807, 2.05) is 45.0 Å². The molecule has 0 saturated heterocycles. The lowest BCUT2D eigenvalue weighted by molar-refractivity contribution is -0.131.